The van der Waals surface area contributed by atoms with Crippen molar-refractivity contribution in [3.63, 3.8) is 0 Å². The molecule has 6 nitrogen and oxygen atoms in total. The first kappa shape index (κ1) is 18.1. The van der Waals surface area contributed by atoms with Crippen molar-refractivity contribution in [3.05, 3.63) is 60.2 Å². The van der Waals surface area contributed by atoms with Crippen LogP contribution in [0.15, 0.2) is 54.0 Å². The van der Waals surface area contributed by atoms with E-state index in [4.69, 9.17) is 14.6 Å². The lowest BCUT2D eigenvalue weighted by atomic mass is 10.1. The van der Waals surface area contributed by atoms with Gasteiger partial charge >= 0.3 is 5.97 Å². The number of phenols is 1. The van der Waals surface area contributed by atoms with Gasteiger partial charge in [-0.1, -0.05) is 6.08 Å². The van der Waals surface area contributed by atoms with Gasteiger partial charge in [0, 0.05) is 11.8 Å². The molecule has 2 rings (SSSR count). The Hall–Kier alpha value is -3.28. The number of aliphatic imine (C=N–C) groups is 1. The molecule has 2 N–H and O–H groups in total. The Labute approximate surface area is 145 Å². The molecule has 0 aliphatic heterocycles. The van der Waals surface area contributed by atoms with Gasteiger partial charge in [-0.2, -0.15) is 0 Å². The number of nitrogens with zero attached hydrogens (tertiary/aromatic N) is 1. The highest BCUT2D eigenvalue weighted by Crippen LogP contribution is 2.33. The third-order valence-electron chi connectivity index (χ3n) is 3.29. The van der Waals surface area contributed by atoms with Gasteiger partial charge in [-0.15, -0.1) is 6.58 Å². The topological polar surface area (TPSA) is 88.4 Å². The van der Waals surface area contributed by atoms with Crippen LogP contribution in [0.4, 0.5) is 5.69 Å². The van der Waals surface area contributed by atoms with Crippen LogP contribution in [0.25, 0.3) is 0 Å². The van der Waals surface area contributed by atoms with Gasteiger partial charge in [-0.3, -0.25) is 4.99 Å². The summed E-state index contributed by atoms with van der Waals surface area (Å²) < 4.78 is 10.7. The van der Waals surface area contributed by atoms with Crippen LogP contribution in [0.3, 0.4) is 0 Å². The number of methoxy groups -OCH3 is 1. The Kier molecular flexibility index (Phi) is 6.17. The summed E-state index contributed by atoms with van der Waals surface area (Å²) in [6.45, 7) is 3.25. The van der Waals surface area contributed by atoms with Crippen LogP contribution >= 0.6 is 0 Å². The van der Waals surface area contributed by atoms with Crippen LogP contribution in [0.5, 0.6) is 17.2 Å². The summed E-state index contributed by atoms with van der Waals surface area (Å²) in [4.78, 5) is 15.1. The molecule has 0 aliphatic carbocycles. The number of aromatic hydroxyl groups is 1. The zero-order chi connectivity index (χ0) is 18.2. The van der Waals surface area contributed by atoms with Gasteiger partial charge in [0.15, 0.2) is 18.1 Å². The van der Waals surface area contributed by atoms with E-state index in [0.717, 1.165) is 11.1 Å². The molecule has 0 atom stereocenters. The third kappa shape index (κ3) is 5.10. The van der Waals surface area contributed by atoms with E-state index in [1.807, 2.05) is 6.07 Å². The summed E-state index contributed by atoms with van der Waals surface area (Å²) in [6.07, 6.45) is 3.85. The largest absolute Gasteiger partial charge is 0.508 e. The molecule has 0 fully saturated rings. The van der Waals surface area contributed by atoms with Crippen molar-refractivity contribution in [2.75, 3.05) is 13.7 Å². The fraction of sp³-hybridized carbons (Fsp3) is 0.158. The zero-order valence-corrected chi connectivity index (χ0v) is 13.8. The van der Waals surface area contributed by atoms with Crippen LogP contribution in [-0.4, -0.2) is 36.1 Å². The van der Waals surface area contributed by atoms with Crippen molar-refractivity contribution in [1.29, 1.82) is 0 Å². The number of carbonyl (C=O) groups is 1. The number of allylic oxidation sites excluding steroid dienone is 1. The van der Waals surface area contributed by atoms with Crippen LogP contribution in [0, 0.1) is 0 Å². The number of benzene rings is 2. The molecular weight excluding hydrogens is 322 g/mol. The Balaban J connectivity index is 2.35. The normalized spacial score (nSPS) is 10.6. The smallest absolute Gasteiger partial charge is 0.341 e. The lowest BCUT2D eigenvalue weighted by molar-refractivity contribution is -0.139. The van der Waals surface area contributed by atoms with E-state index < -0.39 is 12.6 Å². The molecule has 130 valence electrons. The molecule has 0 aliphatic rings. The second-order valence-electron chi connectivity index (χ2n) is 5.16. The molecule has 25 heavy (non-hydrogen) atoms. The van der Waals surface area contributed by atoms with Gasteiger partial charge in [0.1, 0.15) is 5.75 Å². The van der Waals surface area contributed by atoms with Crippen LogP contribution in [-0.2, 0) is 11.2 Å². The summed E-state index contributed by atoms with van der Waals surface area (Å²) in [7, 11) is 1.49. The number of rotatable bonds is 8. The summed E-state index contributed by atoms with van der Waals surface area (Å²) in [5.41, 5.74) is 2.21. The highest BCUT2D eigenvalue weighted by molar-refractivity contribution is 5.84. The van der Waals surface area contributed by atoms with Gasteiger partial charge in [0.25, 0.3) is 0 Å². The van der Waals surface area contributed by atoms with Crippen molar-refractivity contribution < 1.29 is 24.5 Å². The Bertz CT molecular complexity index is 781. The van der Waals surface area contributed by atoms with Gasteiger partial charge < -0.3 is 19.7 Å². The van der Waals surface area contributed by atoms with Crippen LogP contribution in [0.2, 0.25) is 0 Å². The predicted octanol–water partition coefficient (Wildman–Crippen LogP) is 3.34. The van der Waals surface area contributed by atoms with E-state index in [2.05, 4.69) is 11.6 Å². The number of carboxylic acids is 1. The van der Waals surface area contributed by atoms with Gasteiger partial charge in [-0.25, -0.2) is 4.79 Å². The zero-order valence-electron chi connectivity index (χ0n) is 13.8. The molecular formula is C19H19NO5. The molecule has 0 radical (unpaired) electrons. The average Bonchev–Trinajstić information content (AvgIpc) is 2.60. The Morgan fingerprint density at radius 3 is 2.60 bits per heavy atom. The minimum atomic E-state index is -1.07. The number of ether oxygens (including phenoxy) is 2. The molecule has 0 unspecified atom stereocenters. The van der Waals surface area contributed by atoms with E-state index in [-0.39, 0.29) is 5.75 Å². The maximum atomic E-state index is 10.8. The van der Waals surface area contributed by atoms with Crippen molar-refractivity contribution >= 4 is 17.9 Å². The molecule has 0 aromatic heterocycles. The molecule has 2 aromatic rings. The molecule has 2 aromatic carbocycles. The molecule has 0 amide bonds. The maximum absolute atomic E-state index is 10.8. The van der Waals surface area contributed by atoms with Gasteiger partial charge in [-0.05, 0) is 48.4 Å². The number of hydrogen-bond donors (Lipinski definition) is 2. The van der Waals surface area contributed by atoms with Gasteiger partial charge in [0.05, 0.1) is 12.8 Å². The highest BCUT2D eigenvalue weighted by atomic mass is 16.5. The first-order valence-electron chi connectivity index (χ1n) is 7.53. The third-order valence-corrected chi connectivity index (χ3v) is 3.29. The minimum absolute atomic E-state index is 0.175. The van der Waals surface area contributed by atoms with E-state index >= 15 is 0 Å². The SMILES string of the molecule is C=CCc1cc(C=Nc2ccc(O)cc2)cc(OC)c1OCC(=O)O. The van der Waals surface area contributed by atoms with Crippen molar-refractivity contribution in [2.24, 2.45) is 4.99 Å². The molecule has 0 heterocycles. The maximum Gasteiger partial charge on any atom is 0.341 e. The molecule has 0 spiro atoms. The van der Waals surface area contributed by atoms with E-state index in [1.54, 1.807) is 42.6 Å². The van der Waals surface area contributed by atoms with E-state index in [9.17, 15) is 9.90 Å². The standard InChI is InChI=1S/C19H19NO5/c1-3-4-14-9-13(11-20-15-5-7-16(21)8-6-15)10-17(24-2)19(14)25-12-18(22)23/h3,5-11,21H,1,4,12H2,2H3,(H,22,23). The highest BCUT2D eigenvalue weighted by Gasteiger charge is 2.13. The van der Waals surface area contributed by atoms with Crippen LogP contribution in [0.1, 0.15) is 11.1 Å². The monoisotopic (exact) mass is 341 g/mol. The predicted molar refractivity (Wildman–Crippen MR) is 95.4 cm³/mol. The van der Waals surface area contributed by atoms with Crippen molar-refractivity contribution in [2.45, 2.75) is 6.42 Å². The first-order valence-corrected chi connectivity index (χ1v) is 7.53. The molecule has 0 bridgehead atoms. The number of aliphatic carboxylic acids is 1. The van der Waals surface area contributed by atoms with E-state index in [1.165, 1.54) is 7.11 Å². The van der Waals surface area contributed by atoms with E-state index in [0.29, 0.717) is 23.6 Å². The Morgan fingerprint density at radius 1 is 1.28 bits per heavy atom. The fourth-order valence-electron chi connectivity index (χ4n) is 2.20. The molecule has 6 heteroatoms. The lowest BCUT2D eigenvalue weighted by Gasteiger charge is -2.14. The van der Waals surface area contributed by atoms with Crippen molar-refractivity contribution in [3.8, 4) is 17.2 Å². The fourth-order valence-corrected chi connectivity index (χ4v) is 2.20. The summed E-state index contributed by atoms with van der Waals surface area (Å²) >= 11 is 0. The minimum Gasteiger partial charge on any atom is -0.508 e. The summed E-state index contributed by atoms with van der Waals surface area (Å²) in [5, 5.41) is 18.1. The number of hydrogen-bond acceptors (Lipinski definition) is 5. The average molecular weight is 341 g/mol. The first-order chi connectivity index (χ1) is 12.0. The second-order valence-corrected chi connectivity index (χ2v) is 5.16. The Morgan fingerprint density at radius 2 is 2.00 bits per heavy atom. The van der Waals surface area contributed by atoms with Crippen molar-refractivity contribution in [1.82, 2.24) is 0 Å². The van der Waals surface area contributed by atoms with Gasteiger partial charge in [0.2, 0.25) is 0 Å². The number of phenolic OH excluding ortho intramolecular Hbond substituents is 1. The lowest BCUT2D eigenvalue weighted by Crippen LogP contribution is -2.11. The van der Waals surface area contributed by atoms with Crippen LogP contribution < -0.4 is 9.47 Å². The quantitative estimate of drug-likeness (QED) is 0.568. The number of carboxylic acid groups (broad SMARTS) is 1. The second kappa shape index (κ2) is 8.54. The summed E-state index contributed by atoms with van der Waals surface area (Å²) in [6, 6.07) is 10.0. The molecule has 0 saturated heterocycles. The molecule has 0 saturated carbocycles. The summed E-state index contributed by atoms with van der Waals surface area (Å²) in [5.74, 6) is -0.0854.